The summed E-state index contributed by atoms with van der Waals surface area (Å²) in [5.74, 6) is 0. The quantitative estimate of drug-likeness (QED) is 0.894. The van der Waals surface area contributed by atoms with E-state index < -0.39 is 0 Å². The molecule has 0 radical (unpaired) electrons. The van der Waals surface area contributed by atoms with Gasteiger partial charge in [-0.25, -0.2) is 4.98 Å². The highest BCUT2D eigenvalue weighted by Crippen LogP contribution is 2.32. The zero-order chi connectivity index (χ0) is 13.2. The topological polar surface area (TPSA) is 43.8 Å². The van der Waals surface area contributed by atoms with Crippen molar-refractivity contribution in [2.75, 3.05) is 0 Å². The molecular formula is C16H21N3. The maximum absolute atomic E-state index is 5.99. The van der Waals surface area contributed by atoms with Gasteiger partial charge in [0.05, 0.1) is 18.2 Å². The average Bonchev–Trinajstić information content (AvgIpc) is 2.89. The smallest absolute Gasteiger partial charge is 0.0953 e. The van der Waals surface area contributed by atoms with Crippen LogP contribution in [0.25, 0.3) is 11.3 Å². The maximum Gasteiger partial charge on any atom is 0.0953 e. The van der Waals surface area contributed by atoms with Gasteiger partial charge >= 0.3 is 0 Å². The third kappa shape index (κ3) is 2.56. The number of imidazole rings is 1. The van der Waals surface area contributed by atoms with Crippen LogP contribution in [0.3, 0.4) is 0 Å². The monoisotopic (exact) mass is 255 g/mol. The van der Waals surface area contributed by atoms with Crippen LogP contribution in [0.2, 0.25) is 0 Å². The third-order valence-corrected chi connectivity index (χ3v) is 4.11. The minimum absolute atomic E-state index is 0.391. The van der Waals surface area contributed by atoms with Crippen LogP contribution in [-0.2, 0) is 0 Å². The molecule has 3 rings (SSSR count). The van der Waals surface area contributed by atoms with Gasteiger partial charge in [0, 0.05) is 17.6 Å². The average molecular weight is 255 g/mol. The molecule has 1 aliphatic rings. The molecule has 1 aromatic heterocycles. The molecule has 2 aromatic rings. The first-order valence-corrected chi connectivity index (χ1v) is 7.08. The van der Waals surface area contributed by atoms with Crippen LogP contribution >= 0.6 is 0 Å². The van der Waals surface area contributed by atoms with E-state index in [-0.39, 0.29) is 0 Å². The third-order valence-electron chi connectivity index (χ3n) is 4.11. The van der Waals surface area contributed by atoms with Gasteiger partial charge in [0.2, 0.25) is 0 Å². The predicted molar refractivity (Wildman–Crippen MR) is 77.9 cm³/mol. The fourth-order valence-corrected chi connectivity index (χ4v) is 3.00. The molecule has 1 aliphatic carbocycles. The lowest BCUT2D eigenvalue weighted by Crippen LogP contribution is -2.27. The maximum atomic E-state index is 5.99. The van der Waals surface area contributed by atoms with Crippen molar-refractivity contribution in [1.82, 2.24) is 9.55 Å². The highest BCUT2D eigenvalue weighted by molar-refractivity contribution is 5.60. The Morgan fingerprint density at radius 3 is 2.74 bits per heavy atom. The molecule has 0 saturated heterocycles. The Kier molecular flexibility index (Phi) is 3.38. The second-order valence-electron chi connectivity index (χ2n) is 5.62. The molecule has 1 fully saturated rings. The molecule has 19 heavy (non-hydrogen) atoms. The van der Waals surface area contributed by atoms with Gasteiger partial charge in [-0.15, -0.1) is 0 Å². The molecular weight excluding hydrogens is 234 g/mol. The van der Waals surface area contributed by atoms with Crippen molar-refractivity contribution in [1.29, 1.82) is 0 Å². The minimum Gasteiger partial charge on any atom is -0.328 e. The molecule has 100 valence electrons. The van der Waals surface area contributed by atoms with E-state index in [0.29, 0.717) is 12.1 Å². The van der Waals surface area contributed by atoms with Crippen LogP contribution in [-0.4, -0.2) is 15.6 Å². The largest absolute Gasteiger partial charge is 0.328 e. The molecule has 0 atom stereocenters. The Bertz CT molecular complexity index is 551. The van der Waals surface area contributed by atoms with Crippen molar-refractivity contribution in [2.24, 2.45) is 5.73 Å². The predicted octanol–water partition coefficient (Wildman–Crippen LogP) is 3.30. The number of nitrogens with zero attached hydrogens (tertiary/aromatic N) is 2. The van der Waals surface area contributed by atoms with E-state index in [9.17, 15) is 0 Å². The minimum atomic E-state index is 0.391. The molecule has 3 heteroatoms. The summed E-state index contributed by atoms with van der Waals surface area (Å²) in [6.07, 6.45) is 8.52. The lowest BCUT2D eigenvalue weighted by molar-refractivity contribution is 0.325. The molecule has 1 heterocycles. The molecule has 0 amide bonds. The van der Waals surface area contributed by atoms with Crippen LogP contribution in [0.4, 0.5) is 0 Å². The fourth-order valence-electron chi connectivity index (χ4n) is 3.00. The SMILES string of the molecule is Cc1cccc(-c2cncn2C2CCC(N)CC2)c1. The van der Waals surface area contributed by atoms with Crippen molar-refractivity contribution in [3.8, 4) is 11.3 Å². The normalized spacial score (nSPS) is 23.5. The second-order valence-corrected chi connectivity index (χ2v) is 5.62. The summed E-state index contributed by atoms with van der Waals surface area (Å²) in [6, 6.07) is 9.57. The van der Waals surface area contributed by atoms with Gasteiger partial charge < -0.3 is 10.3 Å². The molecule has 0 spiro atoms. The first-order valence-electron chi connectivity index (χ1n) is 7.08. The molecule has 3 nitrogen and oxygen atoms in total. The summed E-state index contributed by atoms with van der Waals surface area (Å²) in [4.78, 5) is 4.35. The second kappa shape index (κ2) is 5.17. The van der Waals surface area contributed by atoms with Gasteiger partial charge in [-0.05, 0) is 38.7 Å². The fraction of sp³-hybridized carbons (Fsp3) is 0.438. The Balaban J connectivity index is 1.90. The Hall–Kier alpha value is -1.61. The molecule has 1 saturated carbocycles. The molecule has 0 unspecified atom stereocenters. The zero-order valence-corrected chi connectivity index (χ0v) is 11.4. The van der Waals surface area contributed by atoms with Crippen molar-refractivity contribution >= 4 is 0 Å². The summed E-state index contributed by atoms with van der Waals surface area (Å²) in [7, 11) is 0. The van der Waals surface area contributed by atoms with Crippen LogP contribution < -0.4 is 5.73 Å². The van der Waals surface area contributed by atoms with Crippen LogP contribution in [0.5, 0.6) is 0 Å². The van der Waals surface area contributed by atoms with Crippen molar-refractivity contribution in [3.63, 3.8) is 0 Å². The van der Waals surface area contributed by atoms with Gasteiger partial charge in [0.1, 0.15) is 0 Å². The van der Waals surface area contributed by atoms with E-state index in [2.05, 4.69) is 40.7 Å². The Morgan fingerprint density at radius 2 is 2.00 bits per heavy atom. The molecule has 1 aromatic carbocycles. The van der Waals surface area contributed by atoms with Gasteiger partial charge in [0.15, 0.2) is 0 Å². The van der Waals surface area contributed by atoms with Gasteiger partial charge in [-0.1, -0.05) is 23.8 Å². The van der Waals surface area contributed by atoms with Gasteiger partial charge in [0.25, 0.3) is 0 Å². The van der Waals surface area contributed by atoms with E-state index in [1.165, 1.54) is 16.8 Å². The highest BCUT2D eigenvalue weighted by Gasteiger charge is 2.21. The Labute approximate surface area is 114 Å². The first-order chi connectivity index (χ1) is 9.24. The molecule has 2 N–H and O–H groups in total. The van der Waals surface area contributed by atoms with Crippen molar-refractivity contribution in [3.05, 3.63) is 42.4 Å². The number of rotatable bonds is 2. The van der Waals surface area contributed by atoms with E-state index in [1.54, 1.807) is 0 Å². The number of hydrogen-bond donors (Lipinski definition) is 1. The zero-order valence-electron chi connectivity index (χ0n) is 11.4. The van der Waals surface area contributed by atoms with E-state index in [4.69, 9.17) is 5.73 Å². The number of hydrogen-bond acceptors (Lipinski definition) is 2. The summed E-state index contributed by atoms with van der Waals surface area (Å²) in [5.41, 5.74) is 9.77. The first kappa shape index (κ1) is 12.4. The number of benzene rings is 1. The summed E-state index contributed by atoms with van der Waals surface area (Å²) in [6.45, 7) is 2.13. The number of aryl methyl sites for hydroxylation is 1. The van der Waals surface area contributed by atoms with Gasteiger partial charge in [-0.2, -0.15) is 0 Å². The van der Waals surface area contributed by atoms with E-state index in [0.717, 1.165) is 25.7 Å². The summed E-state index contributed by atoms with van der Waals surface area (Å²) < 4.78 is 2.33. The van der Waals surface area contributed by atoms with Crippen LogP contribution in [0.1, 0.15) is 37.3 Å². The van der Waals surface area contributed by atoms with Crippen molar-refractivity contribution < 1.29 is 0 Å². The highest BCUT2D eigenvalue weighted by atomic mass is 15.1. The lowest BCUT2D eigenvalue weighted by atomic mass is 9.91. The van der Waals surface area contributed by atoms with Crippen molar-refractivity contribution in [2.45, 2.75) is 44.7 Å². The van der Waals surface area contributed by atoms with E-state index >= 15 is 0 Å². The molecule has 0 bridgehead atoms. The standard InChI is InChI=1S/C16H21N3/c1-12-3-2-4-13(9-12)16-10-18-11-19(16)15-7-5-14(17)6-8-15/h2-4,9-11,14-15H,5-8,17H2,1H3. The lowest BCUT2D eigenvalue weighted by Gasteiger charge is -2.28. The summed E-state index contributed by atoms with van der Waals surface area (Å²) >= 11 is 0. The van der Waals surface area contributed by atoms with E-state index in [1.807, 2.05) is 12.5 Å². The summed E-state index contributed by atoms with van der Waals surface area (Å²) in [5, 5.41) is 0. The molecule has 0 aliphatic heterocycles. The number of aromatic nitrogens is 2. The Morgan fingerprint density at radius 1 is 1.21 bits per heavy atom. The number of nitrogens with two attached hydrogens (primary N) is 1. The van der Waals surface area contributed by atoms with Crippen LogP contribution in [0.15, 0.2) is 36.8 Å². The van der Waals surface area contributed by atoms with Crippen LogP contribution in [0, 0.1) is 6.92 Å². The van der Waals surface area contributed by atoms with Gasteiger partial charge in [-0.3, -0.25) is 0 Å².